The molecular formula is C14H11O4Si. The van der Waals surface area contributed by atoms with Crippen molar-refractivity contribution in [3.8, 4) is 17.2 Å². The molecule has 1 fully saturated rings. The molecule has 95 valence electrons. The molecule has 2 unspecified atom stereocenters. The third-order valence-corrected chi connectivity index (χ3v) is 3.70. The van der Waals surface area contributed by atoms with Crippen molar-refractivity contribution in [1.29, 1.82) is 0 Å². The van der Waals surface area contributed by atoms with E-state index in [2.05, 4.69) is 10.2 Å². The van der Waals surface area contributed by atoms with E-state index in [1.54, 1.807) is 30.3 Å². The Morgan fingerprint density at radius 2 is 1.58 bits per heavy atom. The van der Waals surface area contributed by atoms with Gasteiger partial charge in [-0.2, -0.15) is 0 Å². The van der Waals surface area contributed by atoms with Gasteiger partial charge in [0.25, 0.3) is 0 Å². The Kier molecular flexibility index (Phi) is 2.73. The molecule has 0 amide bonds. The van der Waals surface area contributed by atoms with Crippen molar-refractivity contribution >= 4 is 15.4 Å². The summed E-state index contributed by atoms with van der Waals surface area (Å²) in [5.74, 6) is 0.179. The lowest BCUT2D eigenvalue weighted by molar-refractivity contribution is 0.376. The summed E-state index contributed by atoms with van der Waals surface area (Å²) in [5, 5.41) is 28.9. The smallest absolute Gasteiger partial charge is 0.119 e. The predicted molar refractivity (Wildman–Crippen MR) is 69.8 cm³/mol. The number of aromatic hydroxyl groups is 3. The summed E-state index contributed by atoms with van der Waals surface area (Å²) in [7, 11) is 3.34. The van der Waals surface area contributed by atoms with Gasteiger partial charge in [0.2, 0.25) is 0 Å². The van der Waals surface area contributed by atoms with Crippen molar-refractivity contribution in [3.63, 3.8) is 0 Å². The summed E-state index contributed by atoms with van der Waals surface area (Å²) >= 11 is 0. The monoisotopic (exact) mass is 271 g/mol. The molecule has 4 nitrogen and oxygen atoms in total. The molecular weight excluding hydrogens is 260 g/mol. The molecule has 0 spiro atoms. The molecule has 19 heavy (non-hydrogen) atoms. The van der Waals surface area contributed by atoms with Gasteiger partial charge in [-0.15, -0.1) is 0 Å². The first kappa shape index (κ1) is 12.1. The van der Waals surface area contributed by atoms with Crippen LogP contribution in [0.1, 0.15) is 23.3 Å². The van der Waals surface area contributed by atoms with Crippen molar-refractivity contribution in [3.05, 3.63) is 47.5 Å². The van der Waals surface area contributed by atoms with Crippen LogP contribution in [-0.4, -0.2) is 25.6 Å². The highest BCUT2D eigenvalue weighted by Gasteiger charge is 2.42. The van der Waals surface area contributed by atoms with Crippen molar-refractivity contribution in [2.75, 3.05) is 0 Å². The molecule has 3 rings (SSSR count). The van der Waals surface area contributed by atoms with Gasteiger partial charge in [0.05, 0.1) is 10.2 Å². The number of hydrogen-bond donors (Lipinski definition) is 3. The summed E-state index contributed by atoms with van der Waals surface area (Å²) in [6.45, 7) is 0. The summed E-state index contributed by atoms with van der Waals surface area (Å²) in [6.07, 6.45) is -0.341. The van der Waals surface area contributed by atoms with E-state index in [0.29, 0.717) is 10.8 Å². The first-order valence-corrected chi connectivity index (χ1v) is 6.28. The van der Waals surface area contributed by atoms with E-state index in [4.69, 9.17) is 4.74 Å². The summed E-state index contributed by atoms with van der Waals surface area (Å²) in [4.78, 5) is 0. The predicted octanol–water partition coefficient (Wildman–Crippen LogP) is 1.41. The summed E-state index contributed by atoms with van der Waals surface area (Å²) in [5.41, 5.74) is 1.64. The number of phenolic OH excluding ortho intramolecular Hbond substituents is 3. The molecule has 1 saturated heterocycles. The van der Waals surface area contributed by atoms with Crippen LogP contribution in [0.25, 0.3) is 0 Å². The average Bonchev–Trinajstić information content (AvgIpc) is 3.15. The van der Waals surface area contributed by atoms with Crippen LogP contribution in [0.4, 0.5) is 0 Å². The molecule has 1 aliphatic heterocycles. The van der Waals surface area contributed by atoms with Crippen molar-refractivity contribution in [2.24, 2.45) is 0 Å². The van der Waals surface area contributed by atoms with Gasteiger partial charge in [-0.25, -0.2) is 0 Å². The van der Waals surface area contributed by atoms with Gasteiger partial charge in [-0.1, -0.05) is 12.1 Å². The minimum Gasteiger partial charge on any atom is -0.508 e. The minimum absolute atomic E-state index is 0.00513. The van der Waals surface area contributed by atoms with Crippen LogP contribution in [0.2, 0.25) is 0 Å². The van der Waals surface area contributed by atoms with Crippen LogP contribution in [0.15, 0.2) is 36.4 Å². The van der Waals surface area contributed by atoms with E-state index >= 15 is 0 Å². The van der Waals surface area contributed by atoms with Gasteiger partial charge in [0.1, 0.15) is 29.5 Å². The van der Waals surface area contributed by atoms with Gasteiger partial charge in [-0.3, -0.25) is 0 Å². The Morgan fingerprint density at radius 3 is 2.26 bits per heavy atom. The highest BCUT2D eigenvalue weighted by molar-refractivity contribution is 6.35. The Bertz CT molecular complexity index is 624. The fourth-order valence-corrected chi connectivity index (χ4v) is 2.41. The van der Waals surface area contributed by atoms with E-state index in [1.165, 1.54) is 6.07 Å². The zero-order valence-corrected chi connectivity index (χ0v) is 10.9. The molecule has 0 saturated carbocycles. The highest BCUT2D eigenvalue weighted by atomic mass is 28.1. The van der Waals surface area contributed by atoms with E-state index in [1.807, 2.05) is 0 Å². The molecule has 2 aromatic carbocycles. The first-order valence-electron chi connectivity index (χ1n) is 5.78. The normalized spacial score (nSPS) is 21.3. The molecule has 0 bridgehead atoms. The van der Waals surface area contributed by atoms with E-state index in [0.717, 1.165) is 5.56 Å². The van der Waals surface area contributed by atoms with E-state index in [-0.39, 0.29) is 29.5 Å². The standard InChI is InChI=1S/C14H11O4Si/c15-8-3-1-7(2-4-8)12-13(18-12)10-5-9(16)6-11(17)14(10)19/h1-6,12-13,15-17H. The lowest BCUT2D eigenvalue weighted by Crippen LogP contribution is -2.10. The quantitative estimate of drug-likeness (QED) is 0.570. The van der Waals surface area contributed by atoms with Crippen LogP contribution in [0.3, 0.4) is 0 Å². The fraction of sp³-hybridized carbons (Fsp3) is 0.143. The van der Waals surface area contributed by atoms with Crippen LogP contribution in [-0.2, 0) is 4.74 Å². The van der Waals surface area contributed by atoms with E-state index in [9.17, 15) is 15.3 Å². The fourth-order valence-electron chi connectivity index (χ4n) is 2.12. The molecule has 1 heterocycles. The molecule has 0 aliphatic carbocycles. The van der Waals surface area contributed by atoms with Crippen LogP contribution in [0.5, 0.6) is 17.2 Å². The average molecular weight is 271 g/mol. The van der Waals surface area contributed by atoms with E-state index < -0.39 is 0 Å². The molecule has 3 radical (unpaired) electrons. The lowest BCUT2D eigenvalue weighted by Gasteiger charge is -2.06. The van der Waals surface area contributed by atoms with Crippen molar-refractivity contribution < 1.29 is 20.1 Å². The zero-order chi connectivity index (χ0) is 13.6. The van der Waals surface area contributed by atoms with Gasteiger partial charge in [-0.05, 0) is 34.5 Å². The number of ether oxygens (including phenoxy) is 1. The SMILES string of the molecule is Oc1ccc(C2OC2c2cc(O)cc(O)c2[Si])cc1. The maximum absolute atomic E-state index is 9.65. The Hall–Kier alpha value is -1.98. The Balaban J connectivity index is 1.89. The van der Waals surface area contributed by atoms with Gasteiger partial charge in [0.15, 0.2) is 0 Å². The summed E-state index contributed by atoms with van der Waals surface area (Å²) in [6, 6.07) is 9.61. The third-order valence-electron chi connectivity index (χ3n) is 3.15. The van der Waals surface area contributed by atoms with Gasteiger partial charge in [0, 0.05) is 6.07 Å². The van der Waals surface area contributed by atoms with Crippen molar-refractivity contribution in [2.45, 2.75) is 12.2 Å². The molecule has 2 atom stereocenters. The Morgan fingerprint density at radius 1 is 0.895 bits per heavy atom. The molecule has 0 aromatic heterocycles. The highest BCUT2D eigenvalue weighted by Crippen LogP contribution is 2.51. The molecule has 3 N–H and O–H groups in total. The number of rotatable bonds is 2. The molecule has 1 aliphatic rings. The first-order chi connectivity index (χ1) is 9.06. The lowest BCUT2D eigenvalue weighted by atomic mass is 10.0. The Labute approximate surface area is 113 Å². The second-order valence-electron chi connectivity index (χ2n) is 4.50. The second-order valence-corrected chi connectivity index (χ2v) is 5.00. The maximum Gasteiger partial charge on any atom is 0.119 e. The number of epoxide rings is 1. The second kappa shape index (κ2) is 4.29. The largest absolute Gasteiger partial charge is 0.508 e. The molecule has 5 heteroatoms. The third kappa shape index (κ3) is 2.18. The number of hydrogen-bond acceptors (Lipinski definition) is 4. The van der Waals surface area contributed by atoms with Crippen LogP contribution in [0, 0.1) is 0 Å². The van der Waals surface area contributed by atoms with Gasteiger partial charge >= 0.3 is 0 Å². The van der Waals surface area contributed by atoms with Crippen LogP contribution >= 0.6 is 0 Å². The molecule has 2 aromatic rings. The zero-order valence-electron chi connectivity index (χ0n) is 9.87. The number of benzene rings is 2. The minimum atomic E-state index is -0.213. The van der Waals surface area contributed by atoms with Crippen LogP contribution < -0.4 is 5.19 Å². The van der Waals surface area contributed by atoms with Crippen molar-refractivity contribution in [1.82, 2.24) is 0 Å². The number of phenols is 3. The van der Waals surface area contributed by atoms with Gasteiger partial charge < -0.3 is 20.1 Å². The topological polar surface area (TPSA) is 73.2 Å². The summed E-state index contributed by atoms with van der Waals surface area (Å²) < 4.78 is 5.58. The maximum atomic E-state index is 9.65.